The molecule has 1 heterocycles. The summed E-state index contributed by atoms with van der Waals surface area (Å²) in [4.78, 5) is 16.6. The van der Waals surface area contributed by atoms with Crippen LogP contribution in [0.3, 0.4) is 0 Å². The van der Waals surface area contributed by atoms with Crippen molar-refractivity contribution in [1.29, 1.82) is 0 Å². The maximum absolute atomic E-state index is 11.5. The molecule has 3 nitrogen and oxygen atoms in total. The maximum Gasteiger partial charge on any atom is 0.179 e. The lowest BCUT2D eigenvalue weighted by atomic mass is 10.1. The summed E-state index contributed by atoms with van der Waals surface area (Å²) in [6.45, 7) is 9.41. The molecule has 0 aliphatic heterocycles. The van der Waals surface area contributed by atoms with E-state index in [4.69, 9.17) is 4.74 Å². The van der Waals surface area contributed by atoms with Crippen LogP contribution >= 0.6 is 11.8 Å². The van der Waals surface area contributed by atoms with Crippen LogP contribution in [0.2, 0.25) is 0 Å². The molecule has 0 fully saturated rings. The van der Waals surface area contributed by atoms with Gasteiger partial charge in [-0.2, -0.15) is 0 Å². The Labute approximate surface area is 125 Å². The minimum absolute atomic E-state index is 0.0301. The lowest BCUT2D eigenvalue weighted by molar-refractivity contribution is 0.101. The predicted molar refractivity (Wildman–Crippen MR) is 83.4 cm³/mol. The topological polar surface area (TPSA) is 39.2 Å². The zero-order chi connectivity index (χ0) is 15.2. The van der Waals surface area contributed by atoms with Crippen LogP contribution in [0.15, 0.2) is 17.2 Å². The zero-order valence-corrected chi connectivity index (χ0v) is 13.6. The molecule has 4 heteroatoms. The van der Waals surface area contributed by atoms with Crippen molar-refractivity contribution < 1.29 is 9.53 Å². The van der Waals surface area contributed by atoms with Gasteiger partial charge in [-0.15, -0.1) is 11.8 Å². The van der Waals surface area contributed by atoms with Gasteiger partial charge in [-0.25, -0.2) is 4.98 Å². The highest BCUT2D eigenvalue weighted by Crippen LogP contribution is 2.27. The van der Waals surface area contributed by atoms with Crippen LogP contribution in [0.1, 0.15) is 51.5 Å². The summed E-state index contributed by atoms with van der Waals surface area (Å²) >= 11 is 1.59. The first-order valence-electron chi connectivity index (χ1n) is 6.72. The summed E-state index contributed by atoms with van der Waals surface area (Å²) in [7, 11) is 0. The summed E-state index contributed by atoms with van der Waals surface area (Å²) in [5, 5.41) is 0. The van der Waals surface area contributed by atoms with Crippen LogP contribution in [-0.2, 0) is 0 Å². The number of hydrogen-bond acceptors (Lipinski definition) is 4. The van der Waals surface area contributed by atoms with Crippen molar-refractivity contribution in [3.05, 3.63) is 18.0 Å². The first kappa shape index (κ1) is 16.6. The Morgan fingerprint density at radius 2 is 2.15 bits per heavy atom. The molecule has 0 saturated heterocycles. The first-order chi connectivity index (χ1) is 9.39. The molecular weight excluding hydrogens is 270 g/mol. The van der Waals surface area contributed by atoms with E-state index in [1.165, 1.54) is 6.92 Å². The van der Waals surface area contributed by atoms with E-state index < -0.39 is 5.60 Å². The lowest BCUT2D eigenvalue weighted by Gasteiger charge is -2.21. The van der Waals surface area contributed by atoms with E-state index in [2.05, 4.69) is 16.8 Å². The summed E-state index contributed by atoms with van der Waals surface area (Å²) < 4.78 is 5.86. The van der Waals surface area contributed by atoms with Crippen molar-refractivity contribution in [2.45, 2.75) is 51.5 Å². The van der Waals surface area contributed by atoms with E-state index >= 15 is 0 Å². The van der Waals surface area contributed by atoms with E-state index in [0.717, 1.165) is 17.1 Å². The number of nitrogens with zero attached hydrogens (tertiary/aromatic N) is 1. The quantitative estimate of drug-likeness (QED) is 0.467. The van der Waals surface area contributed by atoms with Gasteiger partial charge in [-0.1, -0.05) is 25.7 Å². The number of ketones is 1. The molecule has 0 bridgehead atoms. The molecule has 108 valence electrons. The first-order valence-corrected chi connectivity index (χ1v) is 7.71. The van der Waals surface area contributed by atoms with Gasteiger partial charge in [0.25, 0.3) is 0 Å². The number of ether oxygens (including phenoxy) is 1. The minimum Gasteiger partial charge on any atom is -0.474 e. The standard InChI is InChI=1S/C16H21NO2S/c1-6-8-9-16(4,5)19-13-10-14(20-7-2)15(12(3)18)17-11-13/h10-11H,6-7H2,1-5H3. The Kier molecular flexibility index (Phi) is 6.09. The highest BCUT2D eigenvalue weighted by atomic mass is 32.2. The number of carbonyl (C=O) groups excluding carboxylic acids is 1. The van der Waals surface area contributed by atoms with E-state index in [1.807, 2.05) is 33.8 Å². The van der Waals surface area contributed by atoms with Gasteiger partial charge in [0, 0.05) is 18.2 Å². The number of thioether (sulfide) groups is 1. The van der Waals surface area contributed by atoms with Crippen LogP contribution in [-0.4, -0.2) is 22.1 Å². The van der Waals surface area contributed by atoms with Gasteiger partial charge in [0.15, 0.2) is 11.4 Å². The maximum atomic E-state index is 11.5. The molecule has 0 amide bonds. The Hall–Kier alpha value is -1.47. The second kappa shape index (κ2) is 7.35. The lowest BCUT2D eigenvalue weighted by Crippen LogP contribution is -2.26. The third kappa shape index (κ3) is 4.90. The average Bonchev–Trinajstić information content (AvgIpc) is 2.36. The monoisotopic (exact) mass is 291 g/mol. The Balaban J connectivity index is 3.03. The van der Waals surface area contributed by atoms with Crippen molar-refractivity contribution in [2.75, 3.05) is 5.75 Å². The molecule has 20 heavy (non-hydrogen) atoms. The molecule has 0 radical (unpaired) electrons. The summed E-state index contributed by atoms with van der Waals surface area (Å²) in [5.41, 5.74) is -0.0644. The number of pyridine rings is 1. The third-order valence-electron chi connectivity index (χ3n) is 2.40. The number of hydrogen-bond donors (Lipinski definition) is 0. The van der Waals surface area contributed by atoms with Gasteiger partial charge in [-0.3, -0.25) is 4.79 Å². The zero-order valence-electron chi connectivity index (χ0n) is 12.7. The van der Waals surface area contributed by atoms with Crippen molar-refractivity contribution in [3.63, 3.8) is 0 Å². The molecule has 0 atom stereocenters. The molecule has 0 aliphatic rings. The summed E-state index contributed by atoms with van der Waals surface area (Å²) in [5.74, 6) is 7.59. The number of carbonyl (C=O) groups is 1. The highest BCUT2D eigenvalue weighted by Gasteiger charge is 2.18. The van der Waals surface area contributed by atoms with E-state index in [0.29, 0.717) is 11.4 Å². The SMILES string of the molecule is CCC#CC(C)(C)Oc1cnc(C(C)=O)c(SCC)c1. The van der Waals surface area contributed by atoms with E-state index in [9.17, 15) is 4.79 Å². The molecule has 1 aromatic heterocycles. The van der Waals surface area contributed by atoms with Gasteiger partial charge in [-0.05, 0) is 25.7 Å². The van der Waals surface area contributed by atoms with Crippen LogP contribution < -0.4 is 4.74 Å². The van der Waals surface area contributed by atoms with Gasteiger partial charge in [0.1, 0.15) is 11.4 Å². The van der Waals surface area contributed by atoms with Crippen molar-refractivity contribution in [1.82, 2.24) is 4.98 Å². The largest absolute Gasteiger partial charge is 0.474 e. The fourth-order valence-corrected chi connectivity index (χ4v) is 2.48. The Bertz CT molecular complexity index is 541. The average molecular weight is 291 g/mol. The van der Waals surface area contributed by atoms with Crippen molar-refractivity contribution in [2.24, 2.45) is 0 Å². The Morgan fingerprint density at radius 1 is 1.45 bits per heavy atom. The van der Waals surface area contributed by atoms with Gasteiger partial charge >= 0.3 is 0 Å². The van der Waals surface area contributed by atoms with Crippen LogP contribution in [0.25, 0.3) is 0 Å². The minimum atomic E-state index is -0.566. The van der Waals surface area contributed by atoms with Crippen LogP contribution in [0, 0.1) is 11.8 Å². The molecule has 1 rings (SSSR count). The van der Waals surface area contributed by atoms with Crippen LogP contribution in [0.4, 0.5) is 0 Å². The fourth-order valence-electron chi connectivity index (χ4n) is 1.63. The van der Waals surface area contributed by atoms with Gasteiger partial charge in [0.2, 0.25) is 0 Å². The molecule has 1 aromatic rings. The Morgan fingerprint density at radius 3 is 2.70 bits per heavy atom. The van der Waals surface area contributed by atoms with Gasteiger partial charge in [0.05, 0.1) is 6.20 Å². The van der Waals surface area contributed by atoms with Crippen LogP contribution in [0.5, 0.6) is 5.75 Å². The summed E-state index contributed by atoms with van der Waals surface area (Å²) in [6, 6.07) is 1.87. The molecule has 0 aliphatic carbocycles. The molecule has 0 N–H and O–H groups in total. The third-order valence-corrected chi connectivity index (χ3v) is 3.31. The molecule has 0 spiro atoms. The van der Waals surface area contributed by atoms with E-state index in [-0.39, 0.29) is 5.78 Å². The number of aromatic nitrogens is 1. The van der Waals surface area contributed by atoms with Crippen molar-refractivity contribution in [3.8, 4) is 17.6 Å². The fraction of sp³-hybridized carbons (Fsp3) is 0.500. The normalized spacial score (nSPS) is 10.7. The number of Topliss-reactive ketones (excluding diaryl/α,β-unsaturated/α-hetero) is 1. The molecule has 0 unspecified atom stereocenters. The van der Waals surface area contributed by atoms with Gasteiger partial charge < -0.3 is 4.74 Å². The molecular formula is C16H21NO2S. The number of rotatable bonds is 5. The highest BCUT2D eigenvalue weighted by molar-refractivity contribution is 7.99. The molecule has 0 aromatic carbocycles. The predicted octanol–water partition coefficient (Wildman–Crippen LogP) is 3.97. The summed E-state index contributed by atoms with van der Waals surface area (Å²) in [6.07, 6.45) is 2.39. The second-order valence-corrected chi connectivity index (χ2v) is 6.08. The van der Waals surface area contributed by atoms with E-state index in [1.54, 1.807) is 18.0 Å². The smallest absolute Gasteiger partial charge is 0.179 e. The van der Waals surface area contributed by atoms with Crippen molar-refractivity contribution >= 4 is 17.5 Å². The second-order valence-electron chi connectivity index (χ2n) is 4.77. The molecule has 0 saturated carbocycles.